The van der Waals surface area contributed by atoms with Gasteiger partial charge in [0.05, 0.1) is 0 Å². The van der Waals surface area contributed by atoms with Gasteiger partial charge in [-0.25, -0.2) is 0 Å². The van der Waals surface area contributed by atoms with E-state index in [0.29, 0.717) is 0 Å². The molecule has 3 aromatic carbocycles. The summed E-state index contributed by atoms with van der Waals surface area (Å²) in [6.45, 7) is 16.3. The second-order valence-corrected chi connectivity index (χ2v) is 5.32. The van der Waals surface area contributed by atoms with E-state index in [1.807, 2.05) is 41.5 Å². The second kappa shape index (κ2) is 13.9. The molecule has 3 aromatic rings. The number of hydrogen-bond acceptors (Lipinski definition) is 0. The van der Waals surface area contributed by atoms with Crippen LogP contribution in [0.15, 0.2) is 72.8 Å². The third kappa shape index (κ3) is 7.27. The van der Waals surface area contributed by atoms with Crippen molar-refractivity contribution in [1.29, 1.82) is 0 Å². The minimum atomic E-state index is 1.27. The lowest BCUT2D eigenvalue weighted by atomic mass is 9.97. The maximum absolute atomic E-state index is 2.27. The molecule has 0 unspecified atom stereocenters. The average molecular weight is 349 g/mol. The van der Waals surface area contributed by atoms with E-state index in [1.54, 1.807) is 0 Å². The molecule has 0 N–H and O–H groups in total. The largest absolute Gasteiger partial charge is 0.0683 e. The van der Waals surface area contributed by atoms with Crippen LogP contribution in [-0.4, -0.2) is 0 Å². The normalized spacial score (nSPS) is 8.77. The van der Waals surface area contributed by atoms with Crippen molar-refractivity contribution in [3.63, 3.8) is 0 Å². The van der Waals surface area contributed by atoms with Crippen LogP contribution in [0.2, 0.25) is 0 Å². The topological polar surface area (TPSA) is 0 Å². The highest BCUT2D eigenvalue weighted by atomic mass is 14.1. The van der Waals surface area contributed by atoms with Gasteiger partial charge in [-0.05, 0) is 42.2 Å². The molecule has 26 heavy (non-hydrogen) atoms. The molecule has 0 heterocycles. The highest BCUT2D eigenvalue weighted by molar-refractivity contribution is 5.73. The molecule has 0 aliphatic rings. The first-order valence-electron chi connectivity index (χ1n) is 9.96. The van der Waals surface area contributed by atoms with Gasteiger partial charge < -0.3 is 0 Å². The Labute approximate surface area is 161 Å². The predicted molar refractivity (Wildman–Crippen MR) is 121 cm³/mol. The summed E-state index contributed by atoms with van der Waals surface area (Å²) in [5.74, 6) is 0. The molecule has 0 radical (unpaired) electrons. The van der Waals surface area contributed by atoms with Gasteiger partial charge in [-0.1, -0.05) is 119 Å². The van der Waals surface area contributed by atoms with Gasteiger partial charge in [0.2, 0.25) is 0 Å². The van der Waals surface area contributed by atoms with Crippen molar-refractivity contribution < 1.29 is 0 Å². The zero-order valence-electron chi connectivity index (χ0n) is 17.9. The molecule has 0 aromatic heterocycles. The Hall–Kier alpha value is -2.34. The first-order chi connectivity index (χ1) is 12.7. The zero-order valence-corrected chi connectivity index (χ0v) is 17.9. The summed E-state index contributed by atoms with van der Waals surface area (Å²) in [7, 11) is 0. The molecule has 0 saturated carbocycles. The lowest BCUT2D eigenvalue weighted by Crippen LogP contribution is -1.83. The maximum Gasteiger partial charge on any atom is -0.0178 e. The van der Waals surface area contributed by atoms with Crippen molar-refractivity contribution in [1.82, 2.24) is 0 Å². The summed E-state index contributed by atoms with van der Waals surface area (Å²) >= 11 is 0. The van der Waals surface area contributed by atoms with E-state index in [1.165, 1.54) is 33.4 Å². The zero-order chi connectivity index (χ0) is 19.9. The molecule has 0 nitrogen and oxygen atoms in total. The quantitative estimate of drug-likeness (QED) is 0.434. The van der Waals surface area contributed by atoms with Crippen LogP contribution < -0.4 is 0 Å². The Morgan fingerprint density at radius 2 is 0.654 bits per heavy atom. The van der Waals surface area contributed by atoms with Crippen molar-refractivity contribution >= 4 is 0 Å². The fourth-order valence-electron chi connectivity index (χ4n) is 2.53. The van der Waals surface area contributed by atoms with E-state index >= 15 is 0 Å². The number of aryl methyl sites for hydroxylation is 2. The molecule has 3 rings (SSSR count). The van der Waals surface area contributed by atoms with Crippen molar-refractivity contribution in [2.24, 2.45) is 0 Å². The molecule has 0 saturated heterocycles. The minimum absolute atomic E-state index is 1.27. The SMILES string of the molecule is CC.CC.CC.Cc1cccc(-c2cccc(-c3cccc(C)c3)c2)c1. The molecular formula is C26H36. The summed E-state index contributed by atoms with van der Waals surface area (Å²) in [6.07, 6.45) is 0. The highest BCUT2D eigenvalue weighted by Crippen LogP contribution is 2.27. The van der Waals surface area contributed by atoms with E-state index in [9.17, 15) is 0 Å². The molecular weight excluding hydrogens is 312 g/mol. The van der Waals surface area contributed by atoms with Gasteiger partial charge in [-0.15, -0.1) is 0 Å². The van der Waals surface area contributed by atoms with E-state index in [2.05, 4.69) is 86.6 Å². The fraction of sp³-hybridized carbons (Fsp3) is 0.308. The summed E-state index contributed by atoms with van der Waals surface area (Å²) < 4.78 is 0. The Morgan fingerprint density at radius 3 is 0.962 bits per heavy atom. The number of benzene rings is 3. The van der Waals surface area contributed by atoms with Crippen molar-refractivity contribution in [2.45, 2.75) is 55.4 Å². The summed E-state index contributed by atoms with van der Waals surface area (Å²) in [5, 5.41) is 0. The number of rotatable bonds is 2. The van der Waals surface area contributed by atoms with E-state index in [0.717, 1.165) is 0 Å². The van der Waals surface area contributed by atoms with Crippen LogP contribution in [0, 0.1) is 13.8 Å². The third-order valence-corrected chi connectivity index (χ3v) is 3.57. The van der Waals surface area contributed by atoms with Crippen LogP contribution in [-0.2, 0) is 0 Å². The van der Waals surface area contributed by atoms with Crippen molar-refractivity contribution in [3.05, 3.63) is 83.9 Å². The third-order valence-electron chi connectivity index (χ3n) is 3.57. The minimum Gasteiger partial charge on any atom is -0.0683 e. The lowest BCUT2D eigenvalue weighted by molar-refractivity contribution is 1.46. The summed E-state index contributed by atoms with van der Waals surface area (Å²) in [5.41, 5.74) is 7.69. The molecule has 0 aliphatic carbocycles. The van der Waals surface area contributed by atoms with Crippen LogP contribution in [0.4, 0.5) is 0 Å². The number of hydrogen-bond donors (Lipinski definition) is 0. The lowest BCUT2D eigenvalue weighted by Gasteiger charge is -2.07. The first-order valence-corrected chi connectivity index (χ1v) is 9.96. The molecule has 0 fully saturated rings. The van der Waals surface area contributed by atoms with Crippen molar-refractivity contribution in [3.8, 4) is 22.3 Å². The van der Waals surface area contributed by atoms with E-state index in [4.69, 9.17) is 0 Å². The first kappa shape index (κ1) is 23.7. The van der Waals surface area contributed by atoms with Gasteiger partial charge in [-0.2, -0.15) is 0 Å². The Morgan fingerprint density at radius 1 is 0.385 bits per heavy atom. The standard InChI is InChI=1S/C20H18.3C2H6/c1-15-6-3-8-17(12-15)19-10-5-11-20(14-19)18-9-4-7-16(2)13-18;3*1-2/h3-14H,1-2H3;3*1-2H3. The van der Waals surface area contributed by atoms with Gasteiger partial charge in [-0.3, -0.25) is 0 Å². The molecule has 0 bridgehead atoms. The van der Waals surface area contributed by atoms with Gasteiger partial charge in [0, 0.05) is 0 Å². The highest BCUT2D eigenvalue weighted by Gasteiger charge is 2.02. The van der Waals surface area contributed by atoms with E-state index < -0.39 is 0 Å². The Kier molecular flexibility index (Phi) is 12.6. The molecule has 0 atom stereocenters. The Bertz CT molecular complexity index is 678. The summed E-state index contributed by atoms with van der Waals surface area (Å²) in [6, 6.07) is 26.0. The molecule has 0 aliphatic heterocycles. The van der Waals surface area contributed by atoms with Crippen LogP contribution in [0.25, 0.3) is 22.3 Å². The maximum atomic E-state index is 2.27. The smallest absolute Gasteiger partial charge is 0.0178 e. The molecule has 0 spiro atoms. The van der Waals surface area contributed by atoms with Gasteiger partial charge >= 0.3 is 0 Å². The second-order valence-electron chi connectivity index (χ2n) is 5.32. The van der Waals surface area contributed by atoms with Gasteiger partial charge in [0.25, 0.3) is 0 Å². The monoisotopic (exact) mass is 348 g/mol. The molecule has 140 valence electrons. The Balaban J connectivity index is 0.000000948. The van der Waals surface area contributed by atoms with Crippen LogP contribution >= 0.6 is 0 Å². The summed E-state index contributed by atoms with van der Waals surface area (Å²) in [4.78, 5) is 0. The predicted octanol–water partition coefficient (Wildman–Crippen LogP) is 8.72. The van der Waals surface area contributed by atoms with E-state index in [-0.39, 0.29) is 0 Å². The molecule has 0 heteroatoms. The van der Waals surface area contributed by atoms with Gasteiger partial charge in [0.1, 0.15) is 0 Å². The van der Waals surface area contributed by atoms with Crippen LogP contribution in [0.3, 0.4) is 0 Å². The average Bonchev–Trinajstić information content (AvgIpc) is 2.73. The fourth-order valence-corrected chi connectivity index (χ4v) is 2.53. The van der Waals surface area contributed by atoms with Crippen LogP contribution in [0.1, 0.15) is 52.7 Å². The van der Waals surface area contributed by atoms with Crippen molar-refractivity contribution in [2.75, 3.05) is 0 Å². The van der Waals surface area contributed by atoms with Gasteiger partial charge in [0.15, 0.2) is 0 Å². The molecule has 0 amide bonds. The van der Waals surface area contributed by atoms with Crippen LogP contribution in [0.5, 0.6) is 0 Å².